The summed E-state index contributed by atoms with van der Waals surface area (Å²) in [7, 11) is 0. The standard InChI is InChI=1S/C14H12N2/c15-14-9-13-11(7-8-16-14)6-5-10-3-1-2-4-12(10)13/h1-8H,9H2,(H2,15,16). The van der Waals surface area contributed by atoms with Crippen LogP contribution in [0, 0.1) is 0 Å². The molecule has 1 heterocycles. The zero-order chi connectivity index (χ0) is 11.0. The van der Waals surface area contributed by atoms with Crippen LogP contribution >= 0.6 is 0 Å². The first-order valence-corrected chi connectivity index (χ1v) is 5.34. The summed E-state index contributed by atoms with van der Waals surface area (Å²) in [6.07, 6.45) is 4.52. The van der Waals surface area contributed by atoms with E-state index >= 15 is 0 Å². The number of fused-ring (bicyclic) bond motifs is 3. The van der Waals surface area contributed by atoms with E-state index in [0.29, 0.717) is 5.84 Å². The number of amidine groups is 1. The summed E-state index contributed by atoms with van der Waals surface area (Å²) in [6, 6.07) is 12.6. The first-order chi connectivity index (χ1) is 7.84. The minimum absolute atomic E-state index is 0.673. The maximum Gasteiger partial charge on any atom is 0.103 e. The van der Waals surface area contributed by atoms with Crippen molar-refractivity contribution in [2.45, 2.75) is 6.42 Å². The molecule has 78 valence electrons. The SMILES string of the molecule is NC1=NC=Cc2ccc3ccccc3c2C1. The van der Waals surface area contributed by atoms with E-state index in [9.17, 15) is 0 Å². The zero-order valence-electron chi connectivity index (χ0n) is 8.85. The number of benzene rings is 2. The fraction of sp³-hybridized carbons (Fsp3) is 0.0714. The van der Waals surface area contributed by atoms with Gasteiger partial charge in [-0.15, -0.1) is 0 Å². The number of aliphatic imine (C=N–C) groups is 1. The Hall–Kier alpha value is -2.09. The Balaban J connectivity index is 2.34. The van der Waals surface area contributed by atoms with Gasteiger partial charge in [-0.2, -0.15) is 0 Å². The summed E-state index contributed by atoms with van der Waals surface area (Å²) >= 11 is 0. The second kappa shape index (κ2) is 3.49. The minimum Gasteiger partial charge on any atom is -0.387 e. The van der Waals surface area contributed by atoms with Crippen LogP contribution in [0.25, 0.3) is 16.8 Å². The first-order valence-electron chi connectivity index (χ1n) is 5.34. The van der Waals surface area contributed by atoms with E-state index in [4.69, 9.17) is 5.73 Å². The Morgan fingerprint density at radius 1 is 1.06 bits per heavy atom. The topological polar surface area (TPSA) is 38.4 Å². The molecular formula is C14H12N2. The summed E-state index contributed by atoms with van der Waals surface area (Å²) in [6.45, 7) is 0. The number of rotatable bonds is 0. The van der Waals surface area contributed by atoms with Gasteiger partial charge >= 0.3 is 0 Å². The van der Waals surface area contributed by atoms with Gasteiger partial charge in [-0.3, -0.25) is 0 Å². The van der Waals surface area contributed by atoms with Gasteiger partial charge in [0.1, 0.15) is 5.84 Å². The molecule has 2 heteroatoms. The molecule has 0 amide bonds. The van der Waals surface area contributed by atoms with Crippen LogP contribution < -0.4 is 5.73 Å². The van der Waals surface area contributed by atoms with Gasteiger partial charge in [0, 0.05) is 12.6 Å². The van der Waals surface area contributed by atoms with E-state index < -0.39 is 0 Å². The number of hydrogen-bond acceptors (Lipinski definition) is 2. The number of hydrogen-bond donors (Lipinski definition) is 1. The molecule has 2 nitrogen and oxygen atoms in total. The smallest absolute Gasteiger partial charge is 0.103 e. The normalized spacial score (nSPS) is 14.4. The monoisotopic (exact) mass is 208 g/mol. The predicted molar refractivity (Wildman–Crippen MR) is 68.3 cm³/mol. The van der Waals surface area contributed by atoms with Crippen molar-refractivity contribution in [3.63, 3.8) is 0 Å². The lowest BCUT2D eigenvalue weighted by atomic mass is 9.96. The molecule has 0 atom stereocenters. The largest absolute Gasteiger partial charge is 0.387 e. The number of nitrogens with two attached hydrogens (primary N) is 1. The van der Waals surface area contributed by atoms with Gasteiger partial charge in [0.25, 0.3) is 0 Å². The molecule has 16 heavy (non-hydrogen) atoms. The highest BCUT2D eigenvalue weighted by Crippen LogP contribution is 2.25. The highest BCUT2D eigenvalue weighted by molar-refractivity contribution is 5.95. The van der Waals surface area contributed by atoms with Crippen molar-refractivity contribution in [3.8, 4) is 0 Å². The van der Waals surface area contributed by atoms with E-state index in [2.05, 4.69) is 41.4 Å². The number of nitrogens with zero attached hydrogens (tertiary/aromatic N) is 1. The molecule has 0 bridgehead atoms. The first kappa shape index (κ1) is 9.16. The van der Waals surface area contributed by atoms with Crippen molar-refractivity contribution in [2.75, 3.05) is 0 Å². The third-order valence-electron chi connectivity index (χ3n) is 2.93. The molecule has 2 aromatic rings. The van der Waals surface area contributed by atoms with Gasteiger partial charge in [0.2, 0.25) is 0 Å². The lowest BCUT2D eigenvalue weighted by Crippen LogP contribution is -2.14. The minimum atomic E-state index is 0.673. The fourth-order valence-corrected chi connectivity index (χ4v) is 2.15. The highest BCUT2D eigenvalue weighted by Gasteiger charge is 2.09. The molecule has 1 aliphatic rings. The molecule has 0 saturated heterocycles. The highest BCUT2D eigenvalue weighted by atomic mass is 14.8. The Morgan fingerprint density at radius 3 is 2.88 bits per heavy atom. The fourth-order valence-electron chi connectivity index (χ4n) is 2.15. The van der Waals surface area contributed by atoms with Crippen LogP contribution in [0.3, 0.4) is 0 Å². The Bertz CT molecular complexity index is 609. The molecule has 2 N–H and O–H groups in total. The molecule has 0 aromatic heterocycles. The molecule has 3 rings (SSSR count). The molecular weight excluding hydrogens is 196 g/mol. The van der Waals surface area contributed by atoms with Gasteiger partial charge in [-0.25, -0.2) is 4.99 Å². The van der Waals surface area contributed by atoms with Crippen molar-refractivity contribution in [3.05, 3.63) is 53.7 Å². The van der Waals surface area contributed by atoms with Gasteiger partial charge in [-0.05, 0) is 28.0 Å². The summed E-state index contributed by atoms with van der Waals surface area (Å²) in [5.41, 5.74) is 8.32. The molecule has 0 saturated carbocycles. The van der Waals surface area contributed by atoms with Crippen molar-refractivity contribution in [1.82, 2.24) is 0 Å². The van der Waals surface area contributed by atoms with E-state index in [-0.39, 0.29) is 0 Å². The third kappa shape index (κ3) is 1.39. The van der Waals surface area contributed by atoms with Gasteiger partial charge in [0.15, 0.2) is 0 Å². The second-order valence-corrected chi connectivity index (χ2v) is 3.97. The molecule has 0 aliphatic carbocycles. The van der Waals surface area contributed by atoms with Crippen molar-refractivity contribution in [1.29, 1.82) is 0 Å². The van der Waals surface area contributed by atoms with E-state index in [1.807, 2.05) is 6.08 Å². The molecule has 0 spiro atoms. The van der Waals surface area contributed by atoms with Gasteiger partial charge < -0.3 is 5.73 Å². The van der Waals surface area contributed by atoms with Gasteiger partial charge in [-0.1, -0.05) is 36.4 Å². The predicted octanol–water partition coefficient (Wildman–Crippen LogP) is 2.72. The quantitative estimate of drug-likeness (QED) is 0.710. The van der Waals surface area contributed by atoms with Gasteiger partial charge in [0.05, 0.1) is 0 Å². The average Bonchev–Trinajstić information content (AvgIpc) is 2.50. The van der Waals surface area contributed by atoms with E-state index in [0.717, 1.165) is 6.42 Å². The van der Waals surface area contributed by atoms with Crippen LogP contribution in [0.4, 0.5) is 0 Å². The Labute approximate surface area is 94.1 Å². The van der Waals surface area contributed by atoms with Crippen molar-refractivity contribution in [2.24, 2.45) is 10.7 Å². The third-order valence-corrected chi connectivity index (χ3v) is 2.93. The van der Waals surface area contributed by atoms with Crippen LogP contribution in [0.1, 0.15) is 11.1 Å². The molecule has 0 radical (unpaired) electrons. The summed E-state index contributed by atoms with van der Waals surface area (Å²) < 4.78 is 0. The molecule has 0 fully saturated rings. The Morgan fingerprint density at radius 2 is 1.94 bits per heavy atom. The zero-order valence-corrected chi connectivity index (χ0v) is 8.85. The molecule has 1 aliphatic heterocycles. The maximum atomic E-state index is 5.84. The second-order valence-electron chi connectivity index (χ2n) is 3.97. The van der Waals surface area contributed by atoms with Crippen LogP contribution in [0.15, 0.2) is 47.6 Å². The maximum absolute atomic E-state index is 5.84. The van der Waals surface area contributed by atoms with Crippen molar-refractivity contribution < 1.29 is 0 Å². The van der Waals surface area contributed by atoms with E-state index in [1.54, 1.807) is 6.20 Å². The average molecular weight is 208 g/mol. The van der Waals surface area contributed by atoms with Crippen molar-refractivity contribution >= 4 is 22.7 Å². The lowest BCUT2D eigenvalue weighted by molar-refractivity contribution is 1.30. The Kier molecular flexibility index (Phi) is 2.00. The molecule has 0 unspecified atom stereocenters. The molecule has 2 aromatic carbocycles. The van der Waals surface area contributed by atoms with Crippen LogP contribution in [-0.4, -0.2) is 5.84 Å². The summed E-state index contributed by atoms with van der Waals surface area (Å²) in [5.74, 6) is 0.673. The summed E-state index contributed by atoms with van der Waals surface area (Å²) in [4.78, 5) is 4.16. The van der Waals surface area contributed by atoms with E-state index in [1.165, 1.54) is 21.9 Å². The van der Waals surface area contributed by atoms with Crippen LogP contribution in [0.5, 0.6) is 0 Å². The van der Waals surface area contributed by atoms with Crippen LogP contribution in [-0.2, 0) is 6.42 Å². The summed E-state index contributed by atoms with van der Waals surface area (Å²) in [5, 5.41) is 2.52. The van der Waals surface area contributed by atoms with Crippen LogP contribution in [0.2, 0.25) is 0 Å². The lowest BCUT2D eigenvalue weighted by Gasteiger charge is -2.08.